The number of nitrogens with zero attached hydrogens (tertiary/aromatic N) is 2. The third kappa shape index (κ3) is 2.76. The zero-order valence-electron chi connectivity index (χ0n) is 11.4. The normalized spacial score (nSPS) is 11.4. The molecule has 4 nitrogen and oxygen atoms in total. The maximum absolute atomic E-state index is 12.1. The van der Waals surface area contributed by atoms with E-state index in [1.165, 1.54) is 0 Å². The van der Waals surface area contributed by atoms with Crippen LogP contribution < -0.4 is 5.56 Å². The van der Waals surface area contributed by atoms with Crippen LogP contribution in [0.1, 0.15) is 11.4 Å². The molecule has 0 aliphatic heterocycles. The lowest BCUT2D eigenvalue weighted by Crippen LogP contribution is -2.11. The number of allylic oxidation sites excluding steroid dienone is 1. The molecule has 5 heteroatoms. The van der Waals surface area contributed by atoms with Gasteiger partial charge in [-0.3, -0.25) is 4.79 Å². The molecule has 106 valence electrons. The summed E-state index contributed by atoms with van der Waals surface area (Å²) in [5.41, 5.74) is 1.33. The summed E-state index contributed by atoms with van der Waals surface area (Å²) in [6.45, 7) is 0. The lowest BCUT2D eigenvalue weighted by molar-refractivity contribution is 1.13. The summed E-state index contributed by atoms with van der Waals surface area (Å²) >= 11 is 5.88. The maximum atomic E-state index is 12.1. The number of halogens is 1. The van der Waals surface area contributed by atoms with Gasteiger partial charge >= 0.3 is 0 Å². The van der Waals surface area contributed by atoms with Gasteiger partial charge in [-0.15, -0.1) is 0 Å². The zero-order chi connectivity index (χ0) is 15.5. The Kier molecular flexibility index (Phi) is 3.73. The molecule has 22 heavy (non-hydrogen) atoms. The van der Waals surface area contributed by atoms with Crippen molar-refractivity contribution in [3.8, 4) is 6.07 Å². The van der Waals surface area contributed by atoms with E-state index in [0.717, 1.165) is 5.56 Å². The van der Waals surface area contributed by atoms with Gasteiger partial charge in [0.05, 0.1) is 16.5 Å². The fraction of sp³-hybridized carbons (Fsp3) is 0. The largest absolute Gasteiger partial charge is 0.305 e. The number of nitrogens with one attached hydrogen (secondary N) is 1. The predicted octanol–water partition coefficient (Wildman–Crippen LogP) is 3.64. The van der Waals surface area contributed by atoms with Gasteiger partial charge in [0.15, 0.2) is 5.82 Å². The monoisotopic (exact) mass is 307 g/mol. The molecule has 0 bridgehead atoms. The van der Waals surface area contributed by atoms with Gasteiger partial charge in [0.25, 0.3) is 5.56 Å². The Hall–Kier alpha value is -2.90. The van der Waals surface area contributed by atoms with Crippen molar-refractivity contribution in [2.24, 2.45) is 0 Å². The summed E-state index contributed by atoms with van der Waals surface area (Å²) in [5.74, 6) is 0.242. The topological polar surface area (TPSA) is 69.5 Å². The van der Waals surface area contributed by atoms with Crippen LogP contribution in [0.2, 0.25) is 5.02 Å². The number of rotatable bonds is 2. The van der Waals surface area contributed by atoms with Gasteiger partial charge in [-0.25, -0.2) is 4.98 Å². The molecule has 1 N–H and O–H groups in total. The third-order valence-electron chi connectivity index (χ3n) is 3.15. The van der Waals surface area contributed by atoms with E-state index in [2.05, 4.69) is 16.0 Å². The quantitative estimate of drug-likeness (QED) is 0.735. The van der Waals surface area contributed by atoms with Crippen molar-refractivity contribution in [3.63, 3.8) is 0 Å². The molecule has 0 radical (unpaired) electrons. The smallest absolute Gasteiger partial charge is 0.259 e. The fourth-order valence-corrected chi connectivity index (χ4v) is 2.28. The molecule has 3 aromatic rings. The number of nitriles is 1. The number of aromatic amines is 1. The Morgan fingerprint density at radius 3 is 2.73 bits per heavy atom. The summed E-state index contributed by atoms with van der Waals surface area (Å²) in [6, 6.07) is 16.3. The van der Waals surface area contributed by atoms with E-state index < -0.39 is 0 Å². The van der Waals surface area contributed by atoms with Crippen LogP contribution in [-0.2, 0) is 0 Å². The Morgan fingerprint density at radius 1 is 1.23 bits per heavy atom. The minimum absolute atomic E-state index is 0.242. The van der Waals surface area contributed by atoms with Gasteiger partial charge < -0.3 is 4.98 Å². The second-order valence-electron chi connectivity index (χ2n) is 4.66. The van der Waals surface area contributed by atoms with E-state index >= 15 is 0 Å². The summed E-state index contributed by atoms with van der Waals surface area (Å²) < 4.78 is 0. The first kappa shape index (κ1) is 14.1. The van der Waals surface area contributed by atoms with Gasteiger partial charge in [0.1, 0.15) is 6.07 Å². The summed E-state index contributed by atoms with van der Waals surface area (Å²) in [5, 5.41) is 10.2. The van der Waals surface area contributed by atoms with E-state index in [0.29, 0.717) is 21.5 Å². The molecular weight excluding hydrogens is 298 g/mol. The first-order valence-electron chi connectivity index (χ1n) is 6.54. The van der Waals surface area contributed by atoms with Crippen molar-refractivity contribution in [3.05, 3.63) is 75.3 Å². The molecule has 0 saturated heterocycles. The fourth-order valence-electron chi connectivity index (χ4n) is 2.11. The molecule has 0 atom stereocenters. The van der Waals surface area contributed by atoms with Crippen LogP contribution in [-0.4, -0.2) is 9.97 Å². The Balaban J connectivity index is 2.17. The highest BCUT2D eigenvalue weighted by Gasteiger charge is 2.08. The number of H-pyrrole nitrogens is 1. The predicted molar refractivity (Wildman–Crippen MR) is 87.3 cm³/mol. The number of aromatic nitrogens is 2. The van der Waals surface area contributed by atoms with Crippen molar-refractivity contribution in [1.82, 2.24) is 9.97 Å². The minimum Gasteiger partial charge on any atom is -0.305 e. The molecule has 0 unspecified atom stereocenters. The van der Waals surface area contributed by atoms with Gasteiger partial charge in [-0.1, -0.05) is 41.9 Å². The molecule has 0 aliphatic carbocycles. The Bertz CT molecular complexity index is 969. The van der Waals surface area contributed by atoms with E-state index in [1.807, 2.05) is 30.3 Å². The molecule has 1 aromatic heterocycles. The van der Waals surface area contributed by atoms with Crippen molar-refractivity contribution in [2.75, 3.05) is 0 Å². The number of fused-ring (bicyclic) bond motifs is 1. The molecule has 3 rings (SSSR count). The highest BCUT2D eigenvalue weighted by atomic mass is 35.5. The molecule has 0 fully saturated rings. The van der Waals surface area contributed by atoms with Crippen LogP contribution in [0.25, 0.3) is 22.6 Å². The SMILES string of the molecule is N#CC(=Cc1ccccc1)c1nc2ccc(Cl)cc2c(=O)[nH]1. The van der Waals surface area contributed by atoms with Crippen LogP contribution in [0.3, 0.4) is 0 Å². The minimum atomic E-state index is -0.322. The van der Waals surface area contributed by atoms with Crippen LogP contribution in [0.4, 0.5) is 0 Å². The highest BCUT2D eigenvalue weighted by molar-refractivity contribution is 6.31. The first-order valence-corrected chi connectivity index (χ1v) is 6.92. The zero-order valence-corrected chi connectivity index (χ0v) is 12.1. The highest BCUT2D eigenvalue weighted by Crippen LogP contribution is 2.18. The standard InChI is InChI=1S/C17H10ClN3O/c18-13-6-7-15-14(9-13)17(22)21-16(20-15)12(10-19)8-11-4-2-1-3-5-11/h1-9H,(H,20,21,22). The van der Waals surface area contributed by atoms with Crippen LogP contribution in [0, 0.1) is 11.3 Å². The van der Waals surface area contributed by atoms with Gasteiger partial charge in [0, 0.05) is 5.02 Å². The van der Waals surface area contributed by atoms with Gasteiger partial charge in [-0.05, 0) is 29.8 Å². The molecule has 0 saturated carbocycles. The molecular formula is C17H10ClN3O. The summed E-state index contributed by atoms with van der Waals surface area (Å²) in [4.78, 5) is 19.1. The average Bonchev–Trinajstić information content (AvgIpc) is 2.54. The number of benzene rings is 2. The molecule has 2 aromatic carbocycles. The average molecular weight is 308 g/mol. The van der Waals surface area contributed by atoms with E-state index in [9.17, 15) is 10.1 Å². The molecule has 0 spiro atoms. The summed E-state index contributed by atoms with van der Waals surface area (Å²) in [6.07, 6.45) is 1.68. The number of hydrogen-bond donors (Lipinski definition) is 1. The Labute approximate surface area is 131 Å². The van der Waals surface area contributed by atoms with Crippen molar-refractivity contribution >= 4 is 34.2 Å². The lowest BCUT2D eigenvalue weighted by atomic mass is 10.1. The molecule has 1 heterocycles. The van der Waals surface area contributed by atoms with E-state index in [-0.39, 0.29) is 11.4 Å². The van der Waals surface area contributed by atoms with Crippen LogP contribution in [0.5, 0.6) is 0 Å². The van der Waals surface area contributed by atoms with Gasteiger partial charge in [-0.2, -0.15) is 5.26 Å². The van der Waals surface area contributed by atoms with Crippen LogP contribution >= 0.6 is 11.6 Å². The second-order valence-corrected chi connectivity index (χ2v) is 5.09. The Morgan fingerprint density at radius 2 is 2.00 bits per heavy atom. The van der Waals surface area contributed by atoms with E-state index in [1.54, 1.807) is 24.3 Å². The van der Waals surface area contributed by atoms with Crippen LogP contribution in [0.15, 0.2) is 53.3 Å². The third-order valence-corrected chi connectivity index (χ3v) is 3.39. The van der Waals surface area contributed by atoms with Crippen molar-refractivity contribution < 1.29 is 0 Å². The van der Waals surface area contributed by atoms with Crippen molar-refractivity contribution in [2.45, 2.75) is 0 Å². The summed E-state index contributed by atoms with van der Waals surface area (Å²) in [7, 11) is 0. The maximum Gasteiger partial charge on any atom is 0.259 e. The number of hydrogen-bond acceptors (Lipinski definition) is 3. The molecule has 0 aliphatic rings. The van der Waals surface area contributed by atoms with Crippen molar-refractivity contribution in [1.29, 1.82) is 5.26 Å². The lowest BCUT2D eigenvalue weighted by Gasteiger charge is -2.02. The van der Waals surface area contributed by atoms with Gasteiger partial charge in [0.2, 0.25) is 0 Å². The van der Waals surface area contributed by atoms with E-state index in [4.69, 9.17) is 11.6 Å². The first-order chi connectivity index (χ1) is 10.7. The second kappa shape index (κ2) is 5.84. The molecule has 0 amide bonds.